The summed E-state index contributed by atoms with van der Waals surface area (Å²) in [5.74, 6) is -0.151. The lowest BCUT2D eigenvalue weighted by Crippen LogP contribution is -2.33. The first-order chi connectivity index (χ1) is 6.63. The number of esters is 1. The number of carbonyl (C=O) groups is 1. The first-order valence-corrected chi connectivity index (χ1v) is 5.21. The number of rotatable bonds is 4. The summed E-state index contributed by atoms with van der Waals surface area (Å²) in [7, 11) is 0. The molecular weight excluding hydrogens is 182 g/mol. The Morgan fingerprint density at radius 2 is 2.43 bits per heavy atom. The lowest BCUT2D eigenvalue weighted by Gasteiger charge is -2.22. The Balaban J connectivity index is 2.27. The van der Waals surface area contributed by atoms with E-state index in [2.05, 4.69) is 4.90 Å². The molecule has 0 aromatic heterocycles. The molecule has 0 aromatic rings. The number of nitrogens with zero attached hydrogens (tertiary/aromatic N) is 1. The number of aliphatic hydroxyl groups excluding tert-OH is 1. The van der Waals surface area contributed by atoms with Crippen LogP contribution in [0.3, 0.4) is 0 Å². The summed E-state index contributed by atoms with van der Waals surface area (Å²) in [5.41, 5.74) is 0. The number of β-amino-alcohol motifs (C(OH)–C–C–N with tert-alkyl or cyclic N) is 1. The molecule has 1 saturated heterocycles. The van der Waals surface area contributed by atoms with Crippen LogP contribution in [0.25, 0.3) is 0 Å². The van der Waals surface area contributed by atoms with Gasteiger partial charge in [-0.3, -0.25) is 9.69 Å². The molecule has 82 valence electrons. The van der Waals surface area contributed by atoms with Crippen molar-refractivity contribution in [3.05, 3.63) is 0 Å². The van der Waals surface area contributed by atoms with E-state index in [9.17, 15) is 9.90 Å². The molecule has 1 rings (SSSR count). The van der Waals surface area contributed by atoms with Crippen LogP contribution < -0.4 is 0 Å². The van der Waals surface area contributed by atoms with Crippen LogP contribution in [0.2, 0.25) is 0 Å². The Morgan fingerprint density at radius 3 is 2.93 bits per heavy atom. The van der Waals surface area contributed by atoms with E-state index < -0.39 is 0 Å². The van der Waals surface area contributed by atoms with Gasteiger partial charge in [-0.05, 0) is 20.3 Å². The van der Waals surface area contributed by atoms with Gasteiger partial charge in [-0.2, -0.15) is 0 Å². The van der Waals surface area contributed by atoms with Crippen molar-refractivity contribution in [2.45, 2.75) is 38.8 Å². The number of likely N-dealkylation sites (tertiary alicyclic amines) is 1. The minimum Gasteiger partial charge on any atom is -0.466 e. The monoisotopic (exact) mass is 201 g/mol. The van der Waals surface area contributed by atoms with Crippen LogP contribution in [-0.2, 0) is 9.53 Å². The molecule has 14 heavy (non-hydrogen) atoms. The number of aliphatic hydroxyl groups is 1. The van der Waals surface area contributed by atoms with Gasteiger partial charge >= 0.3 is 5.97 Å². The third-order valence-corrected chi connectivity index (χ3v) is 2.59. The molecule has 0 radical (unpaired) electrons. The second-order valence-electron chi connectivity index (χ2n) is 3.80. The van der Waals surface area contributed by atoms with Crippen LogP contribution in [0.5, 0.6) is 0 Å². The molecule has 2 atom stereocenters. The fourth-order valence-corrected chi connectivity index (χ4v) is 1.76. The smallest absolute Gasteiger partial charge is 0.307 e. The van der Waals surface area contributed by atoms with E-state index in [1.807, 2.05) is 13.8 Å². The second-order valence-corrected chi connectivity index (χ2v) is 3.80. The predicted octanol–water partition coefficient (Wildman–Crippen LogP) is 0.395. The SMILES string of the molecule is CCOC(=O)CC(C)N1CC[C@@H](O)C1. The molecule has 0 amide bonds. The van der Waals surface area contributed by atoms with Crippen LogP contribution in [0.1, 0.15) is 26.7 Å². The summed E-state index contributed by atoms with van der Waals surface area (Å²) in [6.07, 6.45) is 1.01. The number of hydrogen-bond acceptors (Lipinski definition) is 4. The topological polar surface area (TPSA) is 49.8 Å². The molecule has 0 aliphatic carbocycles. The molecule has 0 spiro atoms. The number of carbonyl (C=O) groups excluding carboxylic acids is 1. The van der Waals surface area contributed by atoms with E-state index in [0.717, 1.165) is 13.0 Å². The zero-order valence-corrected chi connectivity index (χ0v) is 8.90. The van der Waals surface area contributed by atoms with Crippen molar-refractivity contribution < 1.29 is 14.6 Å². The summed E-state index contributed by atoms with van der Waals surface area (Å²) in [5, 5.41) is 9.33. The van der Waals surface area contributed by atoms with Crippen LogP contribution in [0.4, 0.5) is 0 Å². The maximum absolute atomic E-state index is 11.2. The van der Waals surface area contributed by atoms with Crippen molar-refractivity contribution in [2.75, 3.05) is 19.7 Å². The van der Waals surface area contributed by atoms with Gasteiger partial charge in [0.15, 0.2) is 0 Å². The zero-order chi connectivity index (χ0) is 10.6. The molecule has 0 saturated carbocycles. The minimum absolute atomic E-state index is 0.151. The van der Waals surface area contributed by atoms with Crippen LogP contribution >= 0.6 is 0 Å². The van der Waals surface area contributed by atoms with Crippen LogP contribution in [0, 0.1) is 0 Å². The third-order valence-electron chi connectivity index (χ3n) is 2.59. The maximum Gasteiger partial charge on any atom is 0.307 e. The normalized spacial score (nSPS) is 24.9. The van der Waals surface area contributed by atoms with Gasteiger partial charge in [0.2, 0.25) is 0 Å². The van der Waals surface area contributed by atoms with E-state index >= 15 is 0 Å². The first-order valence-electron chi connectivity index (χ1n) is 5.21. The van der Waals surface area contributed by atoms with E-state index in [0.29, 0.717) is 19.6 Å². The maximum atomic E-state index is 11.2. The highest BCUT2D eigenvalue weighted by Crippen LogP contribution is 2.14. The van der Waals surface area contributed by atoms with Gasteiger partial charge in [-0.25, -0.2) is 0 Å². The molecule has 1 heterocycles. The average molecular weight is 201 g/mol. The van der Waals surface area contributed by atoms with Gasteiger partial charge in [0, 0.05) is 19.1 Å². The Morgan fingerprint density at radius 1 is 1.71 bits per heavy atom. The van der Waals surface area contributed by atoms with Crippen molar-refractivity contribution in [3.63, 3.8) is 0 Å². The van der Waals surface area contributed by atoms with E-state index in [-0.39, 0.29) is 18.1 Å². The molecule has 1 aliphatic heterocycles. The van der Waals surface area contributed by atoms with E-state index in [4.69, 9.17) is 4.74 Å². The van der Waals surface area contributed by atoms with E-state index in [1.165, 1.54) is 0 Å². The summed E-state index contributed by atoms with van der Waals surface area (Å²) in [6, 6.07) is 0.172. The zero-order valence-electron chi connectivity index (χ0n) is 8.90. The highest BCUT2D eigenvalue weighted by atomic mass is 16.5. The lowest BCUT2D eigenvalue weighted by atomic mass is 10.2. The fourth-order valence-electron chi connectivity index (χ4n) is 1.76. The fraction of sp³-hybridized carbons (Fsp3) is 0.900. The minimum atomic E-state index is -0.223. The second kappa shape index (κ2) is 5.32. The average Bonchev–Trinajstić information content (AvgIpc) is 2.52. The van der Waals surface area contributed by atoms with Crippen molar-refractivity contribution in [3.8, 4) is 0 Å². The van der Waals surface area contributed by atoms with Crippen molar-refractivity contribution in [1.29, 1.82) is 0 Å². The molecule has 4 heteroatoms. The van der Waals surface area contributed by atoms with Gasteiger partial charge in [0.1, 0.15) is 0 Å². The molecule has 0 aromatic carbocycles. The number of hydrogen-bond donors (Lipinski definition) is 1. The van der Waals surface area contributed by atoms with Crippen molar-refractivity contribution >= 4 is 5.97 Å². The molecule has 0 bridgehead atoms. The third kappa shape index (κ3) is 3.27. The number of ether oxygens (including phenoxy) is 1. The Labute approximate surface area is 84.8 Å². The van der Waals surface area contributed by atoms with Crippen LogP contribution in [0.15, 0.2) is 0 Å². The quantitative estimate of drug-likeness (QED) is 0.669. The van der Waals surface area contributed by atoms with Gasteiger partial charge in [-0.15, -0.1) is 0 Å². The highest BCUT2D eigenvalue weighted by Gasteiger charge is 2.25. The van der Waals surface area contributed by atoms with Gasteiger partial charge in [-0.1, -0.05) is 0 Å². The van der Waals surface area contributed by atoms with Crippen molar-refractivity contribution in [2.24, 2.45) is 0 Å². The molecule has 1 aliphatic rings. The standard InChI is InChI=1S/C10H19NO3/c1-3-14-10(13)6-8(2)11-5-4-9(12)7-11/h8-9,12H,3-7H2,1-2H3/t8?,9-/m1/s1. The summed E-state index contributed by atoms with van der Waals surface area (Å²) in [4.78, 5) is 13.3. The molecule has 1 unspecified atom stereocenters. The summed E-state index contributed by atoms with van der Waals surface area (Å²) >= 11 is 0. The molecular formula is C10H19NO3. The highest BCUT2D eigenvalue weighted by molar-refractivity contribution is 5.70. The summed E-state index contributed by atoms with van der Waals surface area (Å²) in [6.45, 7) is 5.80. The Kier molecular flexibility index (Phi) is 4.35. The molecule has 1 fully saturated rings. The summed E-state index contributed by atoms with van der Waals surface area (Å²) < 4.78 is 4.87. The van der Waals surface area contributed by atoms with Gasteiger partial charge in [0.05, 0.1) is 19.1 Å². The predicted molar refractivity (Wildman–Crippen MR) is 52.9 cm³/mol. The van der Waals surface area contributed by atoms with E-state index in [1.54, 1.807) is 0 Å². The lowest BCUT2D eigenvalue weighted by molar-refractivity contribution is -0.144. The largest absolute Gasteiger partial charge is 0.466 e. The van der Waals surface area contributed by atoms with Crippen molar-refractivity contribution in [1.82, 2.24) is 4.90 Å². The Hall–Kier alpha value is -0.610. The Bertz CT molecular complexity index is 196. The molecule has 4 nitrogen and oxygen atoms in total. The molecule has 1 N–H and O–H groups in total. The first kappa shape index (κ1) is 11.5. The van der Waals surface area contributed by atoms with Crippen LogP contribution in [-0.4, -0.2) is 47.8 Å². The van der Waals surface area contributed by atoms with Gasteiger partial charge < -0.3 is 9.84 Å². The van der Waals surface area contributed by atoms with Gasteiger partial charge in [0.25, 0.3) is 0 Å².